The van der Waals surface area contributed by atoms with E-state index in [1.54, 1.807) is 0 Å². The lowest BCUT2D eigenvalue weighted by molar-refractivity contribution is 0.131. The highest BCUT2D eigenvalue weighted by Crippen LogP contribution is 2.25. The van der Waals surface area contributed by atoms with Crippen LogP contribution in [0, 0.1) is 0 Å². The van der Waals surface area contributed by atoms with Crippen LogP contribution >= 0.6 is 0 Å². The van der Waals surface area contributed by atoms with E-state index in [-0.39, 0.29) is 5.60 Å². The molecule has 2 heterocycles. The number of nitrogens with zero attached hydrogens (tertiary/aromatic N) is 2. The molecule has 20 heavy (non-hydrogen) atoms. The third-order valence-corrected chi connectivity index (χ3v) is 3.00. The first kappa shape index (κ1) is 12.7. The minimum absolute atomic E-state index is 0.175. The lowest BCUT2D eigenvalue weighted by Gasteiger charge is -2.21. The molecule has 0 unspecified atom stereocenters. The molecule has 3 nitrogen and oxygen atoms in total. The minimum atomic E-state index is -0.175. The molecule has 0 saturated heterocycles. The first-order chi connectivity index (χ1) is 9.53. The average molecular weight is 266 g/mol. The van der Waals surface area contributed by atoms with Crippen molar-refractivity contribution in [1.82, 2.24) is 9.38 Å². The zero-order chi connectivity index (χ0) is 14.2. The first-order valence-corrected chi connectivity index (χ1v) is 6.74. The molecule has 0 atom stereocenters. The zero-order valence-corrected chi connectivity index (χ0v) is 12.0. The van der Waals surface area contributed by atoms with Crippen molar-refractivity contribution in [1.29, 1.82) is 0 Å². The van der Waals surface area contributed by atoms with Crippen LogP contribution in [0.5, 0.6) is 5.75 Å². The lowest BCUT2D eigenvalue weighted by Crippen LogP contribution is -2.22. The molecule has 0 N–H and O–H groups in total. The number of aromatic nitrogens is 2. The zero-order valence-electron chi connectivity index (χ0n) is 12.0. The second-order valence-electron chi connectivity index (χ2n) is 5.81. The first-order valence-electron chi connectivity index (χ1n) is 6.74. The standard InChI is InChI=1S/C17H18N2O/c1-17(2,3)20-14-9-7-13(8-10-14)15-5-4-6-16-18-11-12-19(15)16/h4-12H,1-3H3. The Labute approximate surface area is 118 Å². The van der Waals surface area contributed by atoms with Crippen molar-refractivity contribution in [2.45, 2.75) is 26.4 Å². The summed E-state index contributed by atoms with van der Waals surface area (Å²) in [7, 11) is 0. The van der Waals surface area contributed by atoms with E-state index in [1.165, 1.54) is 0 Å². The van der Waals surface area contributed by atoms with Crippen molar-refractivity contribution in [2.24, 2.45) is 0 Å². The molecule has 3 aromatic rings. The van der Waals surface area contributed by atoms with E-state index in [2.05, 4.69) is 27.6 Å². The van der Waals surface area contributed by atoms with Gasteiger partial charge in [0.25, 0.3) is 0 Å². The maximum atomic E-state index is 5.85. The van der Waals surface area contributed by atoms with Crippen molar-refractivity contribution in [3.63, 3.8) is 0 Å². The topological polar surface area (TPSA) is 26.5 Å². The number of pyridine rings is 1. The van der Waals surface area contributed by atoms with Gasteiger partial charge >= 0.3 is 0 Å². The maximum absolute atomic E-state index is 5.85. The van der Waals surface area contributed by atoms with Gasteiger partial charge < -0.3 is 4.74 Å². The average Bonchev–Trinajstić information content (AvgIpc) is 2.86. The van der Waals surface area contributed by atoms with Gasteiger partial charge in [-0.25, -0.2) is 4.98 Å². The lowest BCUT2D eigenvalue weighted by atomic mass is 10.1. The van der Waals surface area contributed by atoms with Gasteiger partial charge in [0.15, 0.2) is 0 Å². The van der Waals surface area contributed by atoms with E-state index < -0.39 is 0 Å². The summed E-state index contributed by atoms with van der Waals surface area (Å²) in [5.41, 5.74) is 3.06. The van der Waals surface area contributed by atoms with Gasteiger partial charge in [0.1, 0.15) is 17.0 Å². The van der Waals surface area contributed by atoms with Crippen LogP contribution in [0.3, 0.4) is 0 Å². The van der Waals surface area contributed by atoms with E-state index >= 15 is 0 Å². The van der Waals surface area contributed by atoms with Crippen LogP contribution in [0.15, 0.2) is 54.9 Å². The quantitative estimate of drug-likeness (QED) is 0.695. The van der Waals surface area contributed by atoms with Crippen molar-refractivity contribution in [3.8, 4) is 17.0 Å². The normalized spacial score (nSPS) is 11.8. The number of rotatable bonds is 2. The Kier molecular flexibility index (Phi) is 2.97. The highest BCUT2D eigenvalue weighted by molar-refractivity contribution is 5.64. The Morgan fingerprint density at radius 1 is 1.00 bits per heavy atom. The second-order valence-corrected chi connectivity index (χ2v) is 5.81. The Morgan fingerprint density at radius 3 is 2.45 bits per heavy atom. The van der Waals surface area contributed by atoms with Crippen molar-refractivity contribution < 1.29 is 4.74 Å². The van der Waals surface area contributed by atoms with Gasteiger partial charge in [-0.1, -0.05) is 6.07 Å². The number of ether oxygens (including phenoxy) is 1. The van der Waals surface area contributed by atoms with Gasteiger partial charge in [-0.05, 0) is 62.7 Å². The highest BCUT2D eigenvalue weighted by atomic mass is 16.5. The van der Waals surface area contributed by atoms with Crippen molar-refractivity contribution in [2.75, 3.05) is 0 Å². The van der Waals surface area contributed by atoms with Gasteiger partial charge in [-0.15, -0.1) is 0 Å². The van der Waals surface area contributed by atoms with Crippen molar-refractivity contribution in [3.05, 3.63) is 54.9 Å². The van der Waals surface area contributed by atoms with E-state index in [1.807, 2.05) is 57.4 Å². The Bertz CT molecular complexity index is 721. The molecule has 0 spiro atoms. The molecule has 0 fully saturated rings. The summed E-state index contributed by atoms with van der Waals surface area (Å²) in [6, 6.07) is 14.3. The third-order valence-electron chi connectivity index (χ3n) is 3.00. The summed E-state index contributed by atoms with van der Waals surface area (Å²) in [5.74, 6) is 0.888. The summed E-state index contributed by atoms with van der Waals surface area (Å²) in [4.78, 5) is 4.31. The molecule has 3 rings (SSSR count). The fourth-order valence-electron chi connectivity index (χ4n) is 2.23. The molecule has 0 bridgehead atoms. The molecule has 102 valence electrons. The van der Waals surface area contributed by atoms with Crippen LogP contribution < -0.4 is 4.74 Å². The molecule has 0 saturated carbocycles. The van der Waals surface area contributed by atoms with E-state index in [0.717, 1.165) is 22.7 Å². The van der Waals surface area contributed by atoms with Crippen LogP contribution in [0.4, 0.5) is 0 Å². The molecular weight excluding hydrogens is 248 g/mol. The molecule has 0 radical (unpaired) electrons. The van der Waals surface area contributed by atoms with Gasteiger partial charge in [-0.3, -0.25) is 4.40 Å². The smallest absolute Gasteiger partial charge is 0.137 e. The summed E-state index contributed by atoms with van der Waals surface area (Å²) >= 11 is 0. The molecule has 0 aliphatic carbocycles. The molecule has 0 aliphatic rings. The molecule has 0 aliphatic heterocycles. The summed E-state index contributed by atoms with van der Waals surface area (Å²) in [6.07, 6.45) is 3.79. The summed E-state index contributed by atoms with van der Waals surface area (Å²) in [5, 5.41) is 0. The summed E-state index contributed by atoms with van der Waals surface area (Å²) < 4.78 is 7.93. The fourth-order valence-corrected chi connectivity index (χ4v) is 2.23. The van der Waals surface area contributed by atoms with Crippen LogP contribution in [-0.4, -0.2) is 15.0 Å². The van der Waals surface area contributed by atoms with Gasteiger partial charge in [0.2, 0.25) is 0 Å². The van der Waals surface area contributed by atoms with Gasteiger partial charge in [-0.2, -0.15) is 0 Å². The third kappa shape index (κ3) is 2.52. The van der Waals surface area contributed by atoms with Crippen LogP contribution in [0.2, 0.25) is 0 Å². The Morgan fingerprint density at radius 2 is 1.75 bits per heavy atom. The Balaban J connectivity index is 1.97. The summed E-state index contributed by atoms with van der Waals surface area (Å²) in [6.45, 7) is 6.15. The number of hydrogen-bond acceptors (Lipinski definition) is 2. The maximum Gasteiger partial charge on any atom is 0.137 e. The fraction of sp³-hybridized carbons (Fsp3) is 0.235. The largest absolute Gasteiger partial charge is 0.488 e. The van der Waals surface area contributed by atoms with Gasteiger partial charge in [0.05, 0.1) is 5.69 Å². The van der Waals surface area contributed by atoms with Crippen LogP contribution in [0.25, 0.3) is 16.9 Å². The molecule has 0 amide bonds. The molecule has 3 heteroatoms. The monoisotopic (exact) mass is 266 g/mol. The molecule has 1 aromatic carbocycles. The van der Waals surface area contributed by atoms with Crippen molar-refractivity contribution >= 4 is 5.65 Å². The van der Waals surface area contributed by atoms with E-state index in [0.29, 0.717) is 0 Å². The van der Waals surface area contributed by atoms with Gasteiger partial charge in [0, 0.05) is 12.4 Å². The minimum Gasteiger partial charge on any atom is -0.488 e. The molecule has 2 aromatic heterocycles. The number of hydrogen-bond donors (Lipinski definition) is 0. The highest BCUT2D eigenvalue weighted by Gasteiger charge is 2.11. The van der Waals surface area contributed by atoms with Crippen LogP contribution in [0.1, 0.15) is 20.8 Å². The predicted molar refractivity (Wildman–Crippen MR) is 81.0 cm³/mol. The predicted octanol–water partition coefficient (Wildman–Crippen LogP) is 4.18. The number of fused-ring (bicyclic) bond motifs is 1. The number of benzene rings is 1. The Hall–Kier alpha value is -2.29. The number of imidazole rings is 1. The van der Waals surface area contributed by atoms with E-state index in [9.17, 15) is 0 Å². The molecular formula is C17H18N2O. The van der Waals surface area contributed by atoms with E-state index in [4.69, 9.17) is 4.74 Å². The SMILES string of the molecule is CC(C)(C)Oc1ccc(-c2cccc3nccn23)cc1. The van der Waals surface area contributed by atoms with Crippen LogP contribution in [-0.2, 0) is 0 Å². The second kappa shape index (κ2) is 4.67.